The molecule has 224 valence electrons. The Balaban J connectivity index is 1.37. The molecule has 1 aromatic rings. The zero-order valence-electron chi connectivity index (χ0n) is 22.0. The lowest BCUT2D eigenvalue weighted by atomic mass is 9.81. The minimum atomic E-state index is -1.47. The highest BCUT2D eigenvalue weighted by molar-refractivity contribution is 5.41. The molecule has 1 aromatic carbocycles. The Bertz CT molecular complexity index is 1060. The van der Waals surface area contributed by atoms with E-state index in [1.807, 2.05) is 0 Å². The number of hydrogen-bond acceptors (Lipinski definition) is 12. The second kappa shape index (κ2) is 13.1. The predicted molar refractivity (Wildman–Crippen MR) is 139 cm³/mol. The number of phenolic OH excluding ortho intramolecular Hbond substituents is 1. The number of rotatable bonds is 9. The Kier molecular flexibility index (Phi) is 10.1. The van der Waals surface area contributed by atoms with E-state index in [-0.39, 0.29) is 44.0 Å². The number of hydrogen-bond donors (Lipinski definition) is 10. The summed E-state index contributed by atoms with van der Waals surface area (Å²) in [5.74, 6) is -0.745. The molecule has 0 aromatic heterocycles. The van der Waals surface area contributed by atoms with Gasteiger partial charge in [-0.25, -0.2) is 0 Å². The van der Waals surface area contributed by atoms with Crippen LogP contribution in [0.3, 0.4) is 0 Å². The molecule has 0 spiro atoms. The van der Waals surface area contributed by atoms with Gasteiger partial charge in [0.05, 0.1) is 24.1 Å². The van der Waals surface area contributed by atoms with E-state index in [0.29, 0.717) is 24.2 Å². The molecule has 12 heteroatoms. The van der Waals surface area contributed by atoms with Crippen molar-refractivity contribution in [2.24, 2.45) is 11.8 Å². The second-order valence-electron chi connectivity index (χ2n) is 11.0. The minimum absolute atomic E-state index is 0.0626. The summed E-state index contributed by atoms with van der Waals surface area (Å²) in [7, 11) is 0. The number of aromatic hydroxyl groups is 1. The number of aliphatic hydroxyl groups is 9. The molecule has 2 saturated carbocycles. The molecule has 11 unspecified atom stereocenters. The molecule has 0 heterocycles. The highest BCUT2D eigenvalue weighted by Crippen LogP contribution is 2.34. The van der Waals surface area contributed by atoms with Gasteiger partial charge in [0.1, 0.15) is 48.1 Å². The molecule has 11 atom stereocenters. The third kappa shape index (κ3) is 6.78. The van der Waals surface area contributed by atoms with Crippen molar-refractivity contribution in [3.63, 3.8) is 0 Å². The van der Waals surface area contributed by atoms with Gasteiger partial charge in [-0.15, -0.1) is 0 Å². The number of benzene rings is 1. The zero-order valence-corrected chi connectivity index (χ0v) is 22.0. The molecule has 10 N–H and O–H groups in total. The first-order valence-corrected chi connectivity index (χ1v) is 13.6. The van der Waals surface area contributed by atoms with Crippen LogP contribution in [0.2, 0.25) is 0 Å². The van der Waals surface area contributed by atoms with E-state index in [1.54, 1.807) is 24.3 Å². The van der Waals surface area contributed by atoms with E-state index >= 15 is 0 Å². The highest BCUT2D eigenvalue weighted by Gasteiger charge is 2.45. The second-order valence-corrected chi connectivity index (χ2v) is 11.0. The minimum Gasteiger partial charge on any atom is -0.508 e. The van der Waals surface area contributed by atoms with Crippen molar-refractivity contribution in [2.75, 3.05) is 13.2 Å². The van der Waals surface area contributed by atoms with Crippen LogP contribution in [-0.2, 0) is 11.2 Å². The fraction of sp³-hybridized carbons (Fsp3) is 0.643. The Morgan fingerprint density at radius 1 is 0.700 bits per heavy atom. The summed E-state index contributed by atoms with van der Waals surface area (Å²) in [5.41, 5.74) is 1.31. The van der Waals surface area contributed by atoms with Gasteiger partial charge in [-0.1, -0.05) is 12.1 Å². The lowest BCUT2D eigenvalue weighted by Gasteiger charge is -2.40. The Morgan fingerprint density at radius 3 is 1.82 bits per heavy atom. The molecule has 4 rings (SSSR count). The molecule has 40 heavy (non-hydrogen) atoms. The van der Waals surface area contributed by atoms with Crippen molar-refractivity contribution < 1.29 is 60.5 Å². The van der Waals surface area contributed by atoms with Gasteiger partial charge in [0.25, 0.3) is 0 Å². The van der Waals surface area contributed by atoms with Gasteiger partial charge in [0, 0.05) is 37.5 Å². The van der Waals surface area contributed by atoms with E-state index < -0.39 is 66.8 Å². The first kappa shape index (κ1) is 30.7. The smallest absolute Gasteiger partial charge is 0.128 e. The third-order valence-corrected chi connectivity index (χ3v) is 8.16. The van der Waals surface area contributed by atoms with Gasteiger partial charge in [-0.2, -0.15) is 0 Å². The summed E-state index contributed by atoms with van der Waals surface area (Å²) < 4.78 is 11.6. The maximum atomic E-state index is 10.6. The van der Waals surface area contributed by atoms with Crippen LogP contribution in [0.1, 0.15) is 31.2 Å². The highest BCUT2D eigenvalue weighted by atomic mass is 16.5. The van der Waals surface area contributed by atoms with Gasteiger partial charge >= 0.3 is 0 Å². The molecular formula is C28H40O12. The molecule has 0 aliphatic heterocycles. The predicted octanol–water partition coefficient (Wildman–Crippen LogP) is -1.78. The van der Waals surface area contributed by atoms with Crippen molar-refractivity contribution in [3.8, 4) is 11.5 Å². The zero-order chi connectivity index (χ0) is 29.1. The molecule has 0 saturated heterocycles. The van der Waals surface area contributed by atoms with Crippen molar-refractivity contribution in [1.82, 2.24) is 0 Å². The van der Waals surface area contributed by atoms with E-state index in [1.165, 1.54) is 6.07 Å². The molecule has 0 radical (unpaired) electrons. The Morgan fingerprint density at radius 2 is 1.27 bits per heavy atom. The van der Waals surface area contributed by atoms with Gasteiger partial charge in [-0.3, -0.25) is 0 Å². The summed E-state index contributed by atoms with van der Waals surface area (Å²) in [6, 6.07) is 4.63. The molecule has 0 amide bonds. The van der Waals surface area contributed by atoms with Gasteiger partial charge < -0.3 is 60.5 Å². The largest absolute Gasteiger partial charge is 0.508 e. The monoisotopic (exact) mass is 568 g/mol. The number of phenols is 1. The quantitative estimate of drug-likeness (QED) is 0.160. The van der Waals surface area contributed by atoms with Crippen LogP contribution in [0.5, 0.6) is 11.5 Å². The maximum absolute atomic E-state index is 10.6. The van der Waals surface area contributed by atoms with Crippen molar-refractivity contribution in [3.05, 3.63) is 47.2 Å². The third-order valence-electron chi connectivity index (χ3n) is 8.16. The first-order chi connectivity index (χ1) is 19.0. The van der Waals surface area contributed by atoms with Crippen LogP contribution in [0.25, 0.3) is 0 Å². The maximum Gasteiger partial charge on any atom is 0.128 e. The normalized spacial score (nSPS) is 38.4. The average molecular weight is 569 g/mol. The van der Waals surface area contributed by atoms with Crippen molar-refractivity contribution in [1.29, 1.82) is 0 Å². The molecule has 3 aliphatic rings. The average Bonchev–Trinajstić information content (AvgIpc) is 2.93. The first-order valence-electron chi connectivity index (χ1n) is 13.6. The van der Waals surface area contributed by atoms with Gasteiger partial charge in [0.15, 0.2) is 0 Å². The van der Waals surface area contributed by atoms with Gasteiger partial charge in [0.2, 0.25) is 0 Å². The van der Waals surface area contributed by atoms with Crippen LogP contribution in [0.4, 0.5) is 0 Å². The van der Waals surface area contributed by atoms with Crippen molar-refractivity contribution >= 4 is 0 Å². The SMILES string of the molecule is OCC1CC(OC2=CC(CCc3ccc(OC4CC(CO)C(O)C(O)C4O)cc3O)=CC(O)C2)C(O)C(O)C1O. The number of allylic oxidation sites excluding steroid dienone is 2. The number of aryl methyl sites for hydroxylation is 1. The van der Waals surface area contributed by atoms with E-state index in [9.17, 15) is 51.1 Å². The molecule has 3 aliphatic carbocycles. The van der Waals surface area contributed by atoms with Crippen LogP contribution in [0, 0.1) is 11.8 Å². The van der Waals surface area contributed by atoms with Crippen LogP contribution in [-0.4, -0.2) is 119 Å². The number of ether oxygens (including phenoxy) is 2. The van der Waals surface area contributed by atoms with Crippen LogP contribution < -0.4 is 4.74 Å². The van der Waals surface area contributed by atoms with E-state index in [0.717, 1.165) is 5.57 Å². The standard InChI is InChI=1S/C28H40O12/c29-11-15-7-21(25(35)27(37)23(15)33)39-18-4-3-14(20(32)10-18)2-1-13-5-17(31)9-19(6-13)40-22-8-16(12-30)24(34)28(38)26(22)36/h3-6,10,15-17,21-38H,1-2,7-9,11-12H2. The fourth-order valence-corrected chi connectivity index (χ4v) is 5.70. The topological polar surface area (TPSA) is 221 Å². The number of aliphatic hydroxyl groups excluding tert-OH is 9. The Hall–Kier alpha value is -2.26. The lowest BCUT2D eigenvalue weighted by molar-refractivity contribution is -0.169. The summed E-state index contributed by atoms with van der Waals surface area (Å²) in [4.78, 5) is 0. The summed E-state index contributed by atoms with van der Waals surface area (Å²) in [6.07, 6.45) is -6.22. The molecular weight excluding hydrogens is 528 g/mol. The van der Waals surface area contributed by atoms with Crippen molar-refractivity contribution in [2.45, 2.75) is 87.0 Å². The summed E-state index contributed by atoms with van der Waals surface area (Å²) >= 11 is 0. The van der Waals surface area contributed by atoms with Crippen LogP contribution >= 0.6 is 0 Å². The molecule has 2 fully saturated rings. The van der Waals surface area contributed by atoms with Crippen LogP contribution in [0.15, 0.2) is 41.7 Å². The Labute approximate surface area is 231 Å². The lowest BCUT2D eigenvalue weighted by Crippen LogP contribution is -2.56. The fourth-order valence-electron chi connectivity index (χ4n) is 5.70. The molecule has 12 nitrogen and oxygen atoms in total. The van der Waals surface area contributed by atoms with Gasteiger partial charge in [-0.05, 0) is 49.0 Å². The summed E-state index contributed by atoms with van der Waals surface area (Å²) in [6.45, 7) is -0.753. The van der Waals surface area contributed by atoms with E-state index in [4.69, 9.17) is 9.47 Å². The molecule has 0 bridgehead atoms. The summed E-state index contributed by atoms with van der Waals surface area (Å²) in [5, 5.41) is 101. The van der Waals surface area contributed by atoms with E-state index in [2.05, 4.69) is 0 Å².